The second kappa shape index (κ2) is 8.03. The van der Waals surface area contributed by atoms with Crippen molar-refractivity contribution in [1.82, 2.24) is 0 Å². The number of benzene rings is 1. The summed E-state index contributed by atoms with van der Waals surface area (Å²) in [6.07, 6.45) is 9.05. The Hall–Kier alpha value is -1.84. The van der Waals surface area contributed by atoms with Gasteiger partial charge in [-0.05, 0) is 74.1 Å². The standard InChI is InChI=1S/C21H27FO3/c1-14-15(10-12-20(23)24)9-11-19(21(14)22)25-13-17-7-4-8-18(17)16-5-2-3-6-16/h9,11,16H,2-8,10,12-13H2,1H3,(H,23,24). The Balaban J connectivity index is 1.67. The third-order valence-electron chi connectivity index (χ3n) is 5.70. The van der Waals surface area contributed by atoms with Crippen LogP contribution in [0.5, 0.6) is 5.75 Å². The summed E-state index contributed by atoms with van der Waals surface area (Å²) >= 11 is 0. The Morgan fingerprint density at radius 1 is 1.24 bits per heavy atom. The van der Waals surface area contributed by atoms with Gasteiger partial charge >= 0.3 is 5.97 Å². The summed E-state index contributed by atoms with van der Waals surface area (Å²) in [7, 11) is 0. The zero-order valence-electron chi connectivity index (χ0n) is 14.9. The molecule has 0 atom stereocenters. The molecule has 0 radical (unpaired) electrons. The molecule has 0 saturated heterocycles. The molecule has 3 nitrogen and oxygen atoms in total. The van der Waals surface area contributed by atoms with Crippen LogP contribution in [0.4, 0.5) is 4.39 Å². The third kappa shape index (κ3) is 4.23. The number of ether oxygens (including phenoxy) is 1. The molecule has 0 unspecified atom stereocenters. The van der Waals surface area contributed by atoms with Gasteiger partial charge in [0, 0.05) is 6.42 Å². The van der Waals surface area contributed by atoms with E-state index < -0.39 is 5.97 Å². The van der Waals surface area contributed by atoms with Crippen LogP contribution in [-0.2, 0) is 11.2 Å². The van der Waals surface area contributed by atoms with Gasteiger partial charge in [-0.2, -0.15) is 0 Å². The maximum absolute atomic E-state index is 14.6. The maximum atomic E-state index is 14.6. The van der Waals surface area contributed by atoms with Gasteiger partial charge in [0.2, 0.25) is 0 Å². The molecule has 25 heavy (non-hydrogen) atoms. The van der Waals surface area contributed by atoms with Gasteiger partial charge in [-0.3, -0.25) is 4.79 Å². The van der Waals surface area contributed by atoms with Gasteiger partial charge in [0.1, 0.15) is 6.61 Å². The highest BCUT2D eigenvalue weighted by Crippen LogP contribution is 2.40. The lowest BCUT2D eigenvalue weighted by molar-refractivity contribution is -0.136. The number of carboxylic acids is 1. The monoisotopic (exact) mass is 346 g/mol. The minimum Gasteiger partial charge on any atom is -0.486 e. The van der Waals surface area contributed by atoms with Crippen LogP contribution in [0.3, 0.4) is 0 Å². The predicted octanol–water partition coefficient (Wildman–Crippen LogP) is 5.20. The first-order valence-corrected chi connectivity index (χ1v) is 9.39. The number of aryl methyl sites for hydroxylation is 1. The van der Waals surface area contributed by atoms with E-state index in [9.17, 15) is 9.18 Å². The highest BCUT2D eigenvalue weighted by molar-refractivity contribution is 5.67. The molecule has 2 aliphatic carbocycles. The number of hydrogen-bond acceptors (Lipinski definition) is 2. The quantitative estimate of drug-likeness (QED) is 0.690. The summed E-state index contributed by atoms with van der Waals surface area (Å²) in [5, 5.41) is 8.79. The Bertz CT molecular complexity index is 672. The van der Waals surface area contributed by atoms with Gasteiger partial charge in [0.15, 0.2) is 11.6 Å². The summed E-state index contributed by atoms with van der Waals surface area (Å²) in [5.41, 5.74) is 4.18. The van der Waals surface area contributed by atoms with Crippen molar-refractivity contribution in [1.29, 1.82) is 0 Å². The lowest BCUT2D eigenvalue weighted by Crippen LogP contribution is -2.07. The molecule has 1 saturated carbocycles. The normalized spacial score (nSPS) is 18.2. The van der Waals surface area contributed by atoms with Crippen LogP contribution in [0.1, 0.15) is 62.5 Å². The average molecular weight is 346 g/mol. The SMILES string of the molecule is Cc1c(CCC(=O)O)ccc(OCC2=C(C3CCCC3)CCC2)c1F. The van der Waals surface area contributed by atoms with Crippen molar-refractivity contribution in [3.05, 3.63) is 40.2 Å². The first-order chi connectivity index (χ1) is 12.1. The van der Waals surface area contributed by atoms with Crippen molar-refractivity contribution in [2.45, 2.75) is 64.7 Å². The van der Waals surface area contributed by atoms with Crippen LogP contribution in [0.15, 0.2) is 23.3 Å². The van der Waals surface area contributed by atoms with Crippen molar-refractivity contribution < 1.29 is 19.0 Å². The number of aliphatic carboxylic acids is 1. The van der Waals surface area contributed by atoms with Gasteiger partial charge < -0.3 is 9.84 Å². The fourth-order valence-electron chi connectivity index (χ4n) is 4.25. The van der Waals surface area contributed by atoms with Crippen molar-refractivity contribution in [2.75, 3.05) is 6.61 Å². The molecule has 0 amide bonds. The van der Waals surface area contributed by atoms with Crippen LogP contribution in [-0.4, -0.2) is 17.7 Å². The van der Waals surface area contributed by atoms with Crippen LogP contribution >= 0.6 is 0 Å². The van der Waals surface area contributed by atoms with E-state index >= 15 is 0 Å². The fraction of sp³-hybridized carbons (Fsp3) is 0.571. The molecular weight excluding hydrogens is 319 g/mol. The smallest absolute Gasteiger partial charge is 0.303 e. The lowest BCUT2D eigenvalue weighted by Gasteiger charge is -2.16. The molecule has 1 aromatic rings. The second-order valence-electron chi connectivity index (χ2n) is 7.31. The van der Waals surface area contributed by atoms with Crippen molar-refractivity contribution >= 4 is 5.97 Å². The molecule has 1 N–H and O–H groups in total. The van der Waals surface area contributed by atoms with Crippen molar-refractivity contribution in [3.8, 4) is 5.75 Å². The Morgan fingerprint density at radius 3 is 2.72 bits per heavy atom. The molecule has 0 aliphatic heterocycles. The molecule has 2 aliphatic rings. The fourth-order valence-corrected chi connectivity index (χ4v) is 4.25. The Morgan fingerprint density at radius 2 is 2.00 bits per heavy atom. The van der Waals surface area contributed by atoms with E-state index in [0.717, 1.165) is 17.9 Å². The molecule has 1 aromatic carbocycles. The summed E-state index contributed by atoms with van der Waals surface area (Å²) in [4.78, 5) is 10.7. The van der Waals surface area contributed by atoms with Crippen LogP contribution in [0.25, 0.3) is 0 Å². The van der Waals surface area contributed by atoms with E-state index in [1.807, 2.05) is 0 Å². The topological polar surface area (TPSA) is 46.5 Å². The van der Waals surface area contributed by atoms with E-state index in [0.29, 0.717) is 18.6 Å². The minimum atomic E-state index is -0.868. The number of carboxylic acid groups (broad SMARTS) is 1. The van der Waals surface area contributed by atoms with Gasteiger partial charge in [-0.1, -0.05) is 24.5 Å². The van der Waals surface area contributed by atoms with Crippen LogP contribution in [0, 0.1) is 18.7 Å². The predicted molar refractivity (Wildman–Crippen MR) is 95.4 cm³/mol. The summed E-state index contributed by atoms with van der Waals surface area (Å²) in [5.74, 6) is -0.218. The molecule has 0 bridgehead atoms. The van der Waals surface area contributed by atoms with Crippen molar-refractivity contribution in [3.63, 3.8) is 0 Å². The average Bonchev–Trinajstić information content (AvgIpc) is 3.25. The molecule has 3 rings (SSSR count). The molecule has 0 spiro atoms. The van der Waals surface area contributed by atoms with Crippen LogP contribution < -0.4 is 4.74 Å². The highest BCUT2D eigenvalue weighted by atomic mass is 19.1. The van der Waals surface area contributed by atoms with Crippen LogP contribution in [0.2, 0.25) is 0 Å². The van der Waals surface area contributed by atoms with E-state index in [-0.39, 0.29) is 18.0 Å². The summed E-state index contributed by atoms with van der Waals surface area (Å²) < 4.78 is 20.4. The molecule has 136 valence electrons. The third-order valence-corrected chi connectivity index (χ3v) is 5.70. The number of hydrogen-bond donors (Lipinski definition) is 1. The molecule has 0 aromatic heterocycles. The minimum absolute atomic E-state index is 0.0120. The highest BCUT2D eigenvalue weighted by Gasteiger charge is 2.25. The van der Waals surface area contributed by atoms with E-state index in [2.05, 4.69) is 0 Å². The molecule has 1 fully saturated rings. The second-order valence-corrected chi connectivity index (χ2v) is 7.31. The molecular formula is C21H27FO3. The van der Waals surface area contributed by atoms with Crippen molar-refractivity contribution in [2.24, 2.45) is 5.92 Å². The zero-order valence-corrected chi connectivity index (χ0v) is 14.9. The number of carbonyl (C=O) groups is 1. The molecule has 4 heteroatoms. The number of rotatable bonds is 7. The van der Waals surface area contributed by atoms with E-state index in [4.69, 9.17) is 9.84 Å². The Labute approximate surface area is 148 Å². The van der Waals surface area contributed by atoms with E-state index in [1.54, 1.807) is 24.6 Å². The first-order valence-electron chi connectivity index (χ1n) is 9.39. The van der Waals surface area contributed by atoms with Gasteiger partial charge in [0.05, 0.1) is 0 Å². The number of allylic oxidation sites excluding steroid dienone is 1. The largest absolute Gasteiger partial charge is 0.486 e. The first kappa shape index (κ1) is 18.0. The van der Waals surface area contributed by atoms with E-state index in [1.165, 1.54) is 44.1 Å². The summed E-state index contributed by atoms with van der Waals surface area (Å²) in [6.45, 7) is 2.18. The Kier molecular flexibility index (Phi) is 5.77. The summed E-state index contributed by atoms with van der Waals surface area (Å²) in [6, 6.07) is 3.43. The molecule has 0 heterocycles. The van der Waals surface area contributed by atoms with Gasteiger partial charge in [-0.25, -0.2) is 4.39 Å². The van der Waals surface area contributed by atoms with Gasteiger partial charge in [-0.15, -0.1) is 0 Å². The number of halogens is 1. The maximum Gasteiger partial charge on any atom is 0.303 e. The lowest BCUT2D eigenvalue weighted by atomic mass is 9.94. The zero-order chi connectivity index (χ0) is 17.8. The van der Waals surface area contributed by atoms with Gasteiger partial charge in [0.25, 0.3) is 0 Å².